The van der Waals surface area contributed by atoms with Crippen LogP contribution in [0.2, 0.25) is 0 Å². The van der Waals surface area contributed by atoms with E-state index < -0.39 is 29.8 Å². The number of carbonyl (C=O) groups is 2. The van der Waals surface area contributed by atoms with Gasteiger partial charge in [-0.25, -0.2) is 9.59 Å². The monoisotopic (exact) mass is 273 g/mol. The molecule has 0 radical (unpaired) electrons. The van der Waals surface area contributed by atoms with E-state index in [4.69, 9.17) is 4.74 Å². The van der Waals surface area contributed by atoms with Crippen molar-refractivity contribution in [2.24, 2.45) is 0 Å². The van der Waals surface area contributed by atoms with Gasteiger partial charge in [0, 0.05) is 6.54 Å². The number of esters is 1. The zero-order valence-electron chi connectivity index (χ0n) is 12.0. The number of aliphatic hydroxyl groups is 1. The lowest BCUT2D eigenvalue weighted by Crippen LogP contribution is -2.53. The first-order chi connectivity index (χ1) is 8.76. The maximum absolute atomic E-state index is 12.1. The van der Waals surface area contributed by atoms with E-state index in [-0.39, 0.29) is 0 Å². The molecule has 1 heterocycles. The van der Waals surface area contributed by atoms with Crippen LogP contribution in [0.4, 0.5) is 4.79 Å². The van der Waals surface area contributed by atoms with Crippen molar-refractivity contribution in [3.8, 4) is 0 Å². The Kier molecular flexibility index (Phi) is 5.17. The molecule has 6 heteroatoms. The fraction of sp³-hybridized carbons (Fsp3) is 0.846. The summed E-state index contributed by atoms with van der Waals surface area (Å²) in [5, 5.41) is 9.94. The molecule has 2 unspecified atom stereocenters. The number of carbonyl (C=O) groups excluding carboxylic acids is 2. The molecule has 19 heavy (non-hydrogen) atoms. The highest BCUT2D eigenvalue weighted by Gasteiger charge is 2.38. The van der Waals surface area contributed by atoms with Gasteiger partial charge in [-0.15, -0.1) is 0 Å². The summed E-state index contributed by atoms with van der Waals surface area (Å²) in [4.78, 5) is 24.9. The smallest absolute Gasteiger partial charge is 0.410 e. The van der Waals surface area contributed by atoms with Gasteiger partial charge < -0.3 is 19.5 Å². The third kappa shape index (κ3) is 4.38. The summed E-state index contributed by atoms with van der Waals surface area (Å²) in [7, 11) is 1.21. The van der Waals surface area contributed by atoms with Gasteiger partial charge in [0.05, 0.1) is 13.2 Å². The van der Waals surface area contributed by atoms with Crippen molar-refractivity contribution in [1.82, 2.24) is 4.90 Å². The summed E-state index contributed by atoms with van der Waals surface area (Å²) < 4.78 is 9.82. The number of rotatable bonds is 2. The first kappa shape index (κ1) is 15.8. The topological polar surface area (TPSA) is 76.1 Å². The van der Waals surface area contributed by atoms with Crippen LogP contribution in [-0.2, 0) is 14.3 Å². The van der Waals surface area contributed by atoms with Crippen molar-refractivity contribution in [3.05, 3.63) is 0 Å². The summed E-state index contributed by atoms with van der Waals surface area (Å²) >= 11 is 0. The van der Waals surface area contributed by atoms with Crippen LogP contribution in [0.15, 0.2) is 0 Å². The van der Waals surface area contributed by atoms with Gasteiger partial charge in [0.25, 0.3) is 0 Å². The van der Waals surface area contributed by atoms with Gasteiger partial charge in [0.1, 0.15) is 5.60 Å². The van der Waals surface area contributed by atoms with E-state index >= 15 is 0 Å². The Morgan fingerprint density at radius 1 is 1.32 bits per heavy atom. The second-order valence-electron chi connectivity index (χ2n) is 5.70. The van der Waals surface area contributed by atoms with Crippen molar-refractivity contribution >= 4 is 12.1 Å². The third-order valence-corrected chi connectivity index (χ3v) is 2.98. The van der Waals surface area contributed by atoms with Crippen LogP contribution in [0.5, 0.6) is 0 Å². The molecule has 2 atom stereocenters. The summed E-state index contributed by atoms with van der Waals surface area (Å²) in [6.07, 6.45) is 0.440. The number of likely N-dealkylation sites (tertiary alicyclic amines) is 1. The summed E-state index contributed by atoms with van der Waals surface area (Å²) in [6, 6.07) is -0.573. The molecule has 1 aliphatic heterocycles. The van der Waals surface area contributed by atoms with Gasteiger partial charge in [-0.3, -0.25) is 0 Å². The van der Waals surface area contributed by atoms with Crippen molar-refractivity contribution in [1.29, 1.82) is 0 Å². The lowest BCUT2D eigenvalue weighted by Gasteiger charge is -2.38. The number of amides is 1. The van der Waals surface area contributed by atoms with Crippen LogP contribution >= 0.6 is 0 Å². The minimum atomic E-state index is -1.32. The van der Waals surface area contributed by atoms with Gasteiger partial charge in [0.2, 0.25) is 0 Å². The predicted octanol–water partition coefficient (Wildman–Crippen LogP) is 1.31. The molecule has 0 saturated carbocycles. The van der Waals surface area contributed by atoms with Crippen LogP contribution in [0.25, 0.3) is 0 Å². The number of hydrogen-bond acceptors (Lipinski definition) is 5. The Morgan fingerprint density at radius 2 is 1.95 bits per heavy atom. The Labute approximate surface area is 113 Å². The molecular weight excluding hydrogens is 250 g/mol. The van der Waals surface area contributed by atoms with Gasteiger partial charge in [-0.2, -0.15) is 0 Å². The Hall–Kier alpha value is -1.30. The molecule has 0 spiro atoms. The zero-order chi connectivity index (χ0) is 14.6. The Bertz CT molecular complexity index is 336. The maximum atomic E-state index is 12.1. The van der Waals surface area contributed by atoms with Crippen LogP contribution in [0.3, 0.4) is 0 Å². The highest BCUT2D eigenvalue weighted by molar-refractivity contribution is 5.77. The van der Waals surface area contributed by atoms with E-state index in [0.717, 1.165) is 12.8 Å². The van der Waals surface area contributed by atoms with Crippen molar-refractivity contribution in [2.45, 2.75) is 57.8 Å². The van der Waals surface area contributed by atoms with Gasteiger partial charge >= 0.3 is 12.1 Å². The predicted molar refractivity (Wildman–Crippen MR) is 68.6 cm³/mol. The highest BCUT2D eigenvalue weighted by atomic mass is 16.6. The molecule has 1 saturated heterocycles. The number of methoxy groups -OCH3 is 1. The zero-order valence-corrected chi connectivity index (χ0v) is 12.0. The molecule has 1 fully saturated rings. The molecule has 0 aromatic carbocycles. The van der Waals surface area contributed by atoms with Crippen LogP contribution in [-0.4, -0.2) is 53.5 Å². The first-order valence-corrected chi connectivity index (χ1v) is 6.52. The number of nitrogens with zero attached hydrogens (tertiary/aromatic N) is 1. The number of piperidine rings is 1. The van der Waals surface area contributed by atoms with E-state index in [1.807, 2.05) is 0 Å². The van der Waals surface area contributed by atoms with E-state index in [2.05, 4.69) is 4.74 Å². The molecule has 6 nitrogen and oxygen atoms in total. The summed E-state index contributed by atoms with van der Waals surface area (Å²) in [5.41, 5.74) is -0.602. The van der Waals surface area contributed by atoms with Gasteiger partial charge in [-0.05, 0) is 40.0 Å². The number of ether oxygens (including phenoxy) is 2. The van der Waals surface area contributed by atoms with Crippen molar-refractivity contribution in [2.75, 3.05) is 13.7 Å². The fourth-order valence-corrected chi connectivity index (χ4v) is 2.11. The maximum Gasteiger partial charge on any atom is 0.410 e. The molecule has 0 aromatic heterocycles. The van der Waals surface area contributed by atoms with Crippen molar-refractivity contribution in [3.63, 3.8) is 0 Å². The lowest BCUT2D eigenvalue weighted by molar-refractivity contribution is -0.154. The minimum Gasteiger partial charge on any atom is -0.467 e. The fourth-order valence-electron chi connectivity index (χ4n) is 2.11. The average Bonchev–Trinajstić information content (AvgIpc) is 2.35. The molecule has 1 aliphatic rings. The molecule has 0 aromatic rings. The normalized spacial score (nSPS) is 21.7. The van der Waals surface area contributed by atoms with Gasteiger partial charge in [0.15, 0.2) is 6.10 Å². The van der Waals surface area contributed by atoms with E-state index in [1.165, 1.54) is 12.0 Å². The standard InChI is InChI=1S/C13H23NO5/c1-13(2,3)19-12(17)14-8-6-5-7-9(14)10(15)11(16)18-4/h9-10,15H,5-8H2,1-4H3. The van der Waals surface area contributed by atoms with E-state index in [9.17, 15) is 14.7 Å². The number of aliphatic hydroxyl groups excluding tert-OH is 1. The number of hydrogen-bond donors (Lipinski definition) is 1. The van der Waals surface area contributed by atoms with Crippen LogP contribution in [0, 0.1) is 0 Å². The SMILES string of the molecule is COC(=O)C(O)C1CCCCN1C(=O)OC(C)(C)C. The molecule has 110 valence electrons. The summed E-state index contributed by atoms with van der Waals surface area (Å²) in [5.74, 6) is -0.722. The first-order valence-electron chi connectivity index (χ1n) is 6.52. The Morgan fingerprint density at radius 3 is 2.47 bits per heavy atom. The van der Waals surface area contributed by atoms with Gasteiger partial charge in [-0.1, -0.05) is 0 Å². The average molecular weight is 273 g/mol. The molecular formula is C13H23NO5. The van der Waals surface area contributed by atoms with E-state index in [0.29, 0.717) is 13.0 Å². The van der Waals surface area contributed by atoms with Crippen LogP contribution < -0.4 is 0 Å². The minimum absolute atomic E-state index is 0.480. The van der Waals surface area contributed by atoms with Crippen LogP contribution in [0.1, 0.15) is 40.0 Å². The quantitative estimate of drug-likeness (QED) is 0.768. The molecule has 0 aliphatic carbocycles. The second-order valence-corrected chi connectivity index (χ2v) is 5.70. The highest BCUT2D eigenvalue weighted by Crippen LogP contribution is 2.23. The Balaban J connectivity index is 2.77. The third-order valence-electron chi connectivity index (χ3n) is 2.98. The van der Waals surface area contributed by atoms with Crippen molar-refractivity contribution < 1.29 is 24.2 Å². The second kappa shape index (κ2) is 6.23. The van der Waals surface area contributed by atoms with E-state index in [1.54, 1.807) is 20.8 Å². The molecule has 1 amide bonds. The largest absolute Gasteiger partial charge is 0.467 e. The molecule has 1 rings (SSSR count). The molecule has 1 N–H and O–H groups in total. The summed E-state index contributed by atoms with van der Waals surface area (Å²) in [6.45, 7) is 5.81. The lowest BCUT2D eigenvalue weighted by atomic mass is 9.98. The molecule has 0 bridgehead atoms.